The van der Waals surface area contributed by atoms with Gasteiger partial charge in [-0.1, -0.05) is 66.2 Å². The minimum absolute atomic E-state index is 0.127. The number of nitrogens with two attached hydrogens (primary N) is 1. The third kappa shape index (κ3) is 6.91. The standard InChI is InChI=1S/C18H14F3N3O2.C14H10BrN3O.C2H6/c19-18(20,21)11-6-7-14-15(8-11)24(12-4-2-1-3-5-12)17(26)22-16(14)23-9-13(25)10-23;15-9-6-7-11-12(8-9)18(14(19)17-13(11)16)10-4-2-1-3-5-10;1-2/h1-8,13,25H,9-10H2;1-8H,(H2,16,17,19);1-2H3. The quantitative estimate of drug-likeness (QED) is 0.220. The van der Waals surface area contributed by atoms with Crippen LogP contribution in [0.4, 0.5) is 24.8 Å². The van der Waals surface area contributed by atoms with Crippen LogP contribution >= 0.6 is 15.9 Å². The summed E-state index contributed by atoms with van der Waals surface area (Å²) in [7, 11) is 0. The second kappa shape index (κ2) is 13.8. The highest BCUT2D eigenvalue weighted by molar-refractivity contribution is 9.10. The third-order valence-corrected chi connectivity index (χ3v) is 7.77. The summed E-state index contributed by atoms with van der Waals surface area (Å²) in [4.78, 5) is 34.4. The number of rotatable bonds is 3. The summed E-state index contributed by atoms with van der Waals surface area (Å²) < 4.78 is 43.2. The molecule has 0 amide bonds. The van der Waals surface area contributed by atoms with Crippen molar-refractivity contribution in [3.8, 4) is 11.4 Å². The normalized spacial score (nSPS) is 13.0. The van der Waals surface area contributed by atoms with Gasteiger partial charge in [0.15, 0.2) is 0 Å². The first-order valence-electron chi connectivity index (χ1n) is 14.7. The number of nitrogen functional groups attached to an aromatic ring is 1. The van der Waals surface area contributed by atoms with Gasteiger partial charge in [0, 0.05) is 28.3 Å². The lowest BCUT2D eigenvalue weighted by molar-refractivity contribution is -0.137. The molecule has 7 rings (SSSR count). The molecule has 1 aliphatic heterocycles. The van der Waals surface area contributed by atoms with Crippen molar-refractivity contribution in [1.82, 2.24) is 19.1 Å². The average molecular weight is 708 g/mol. The summed E-state index contributed by atoms with van der Waals surface area (Å²) in [6.07, 6.45) is -5.06. The van der Waals surface area contributed by atoms with Crippen molar-refractivity contribution in [3.05, 3.63) is 128 Å². The number of benzene rings is 4. The SMILES string of the molecule is CC.Nc1nc(=O)n(-c2ccccc2)c2cc(Br)ccc12.O=c1nc(N2CC(O)C2)c2ccc(C(F)(F)F)cc2n1-c1ccccc1. The van der Waals surface area contributed by atoms with Gasteiger partial charge in [0.25, 0.3) is 0 Å². The molecular weight excluding hydrogens is 677 g/mol. The Morgan fingerprint density at radius 2 is 1.28 bits per heavy atom. The number of anilines is 2. The van der Waals surface area contributed by atoms with Gasteiger partial charge in [-0.15, -0.1) is 0 Å². The van der Waals surface area contributed by atoms with E-state index >= 15 is 0 Å². The average Bonchev–Trinajstić information content (AvgIpc) is 3.04. The minimum atomic E-state index is -4.53. The predicted molar refractivity (Wildman–Crippen MR) is 181 cm³/mol. The molecule has 0 unspecified atom stereocenters. The number of aromatic nitrogens is 4. The van der Waals surface area contributed by atoms with E-state index in [1.54, 1.807) is 39.8 Å². The van der Waals surface area contributed by atoms with Gasteiger partial charge >= 0.3 is 17.6 Å². The largest absolute Gasteiger partial charge is 0.416 e. The fourth-order valence-corrected chi connectivity index (χ4v) is 5.48. The van der Waals surface area contributed by atoms with Crippen molar-refractivity contribution in [3.63, 3.8) is 0 Å². The van der Waals surface area contributed by atoms with E-state index in [-0.39, 0.29) is 35.9 Å². The summed E-state index contributed by atoms with van der Waals surface area (Å²) >= 11 is 3.41. The van der Waals surface area contributed by atoms with E-state index in [0.29, 0.717) is 11.1 Å². The molecule has 0 atom stereocenters. The van der Waals surface area contributed by atoms with Crippen molar-refractivity contribution in [1.29, 1.82) is 0 Å². The first-order chi connectivity index (χ1) is 22.5. The van der Waals surface area contributed by atoms with Crippen molar-refractivity contribution in [2.45, 2.75) is 26.1 Å². The number of aliphatic hydroxyl groups excluding tert-OH is 1. The molecule has 0 aliphatic carbocycles. The summed E-state index contributed by atoms with van der Waals surface area (Å²) in [6.45, 7) is 4.58. The Balaban J connectivity index is 0.000000183. The Morgan fingerprint density at radius 3 is 1.81 bits per heavy atom. The number of β-amino-alcohol motifs (C(OH)–C–C–N with tert-alkyl or cyclic N) is 1. The maximum atomic E-state index is 13.2. The fourth-order valence-electron chi connectivity index (χ4n) is 5.13. The lowest BCUT2D eigenvalue weighted by atomic mass is 10.1. The number of alkyl halides is 3. The minimum Gasteiger partial charge on any atom is -0.389 e. The van der Waals surface area contributed by atoms with Gasteiger partial charge in [0.2, 0.25) is 0 Å². The molecule has 1 saturated heterocycles. The smallest absolute Gasteiger partial charge is 0.389 e. The molecule has 2 aromatic heterocycles. The van der Waals surface area contributed by atoms with Crippen LogP contribution in [-0.4, -0.2) is 43.4 Å². The molecule has 1 fully saturated rings. The monoisotopic (exact) mass is 706 g/mol. The third-order valence-electron chi connectivity index (χ3n) is 7.27. The molecule has 0 bridgehead atoms. The molecule has 47 heavy (non-hydrogen) atoms. The second-order valence-electron chi connectivity index (χ2n) is 10.3. The van der Waals surface area contributed by atoms with E-state index in [2.05, 4.69) is 25.9 Å². The molecule has 242 valence electrons. The summed E-state index contributed by atoms with van der Waals surface area (Å²) in [5, 5.41) is 10.7. The Bertz CT molecular complexity index is 2150. The van der Waals surface area contributed by atoms with E-state index in [4.69, 9.17) is 5.73 Å². The number of halogens is 4. The topological polar surface area (TPSA) is 119 Å². The van der Waals surface area contributed by atoms with Gasteiger partial charge in [-0.3, -0.25) is 9.13 Å². The molecule has 0 saturated carbocycles. The molecular formula is C34H30BrF3N6O3. The van der Waals surface area contributed by atoms with Crippen molar-refractivity contribution in [2.24, 2.45) is 0 Å². The molecule has 1 aliphatic rings. The van der Waals surface area contributed by atoms with E-state index in [0.717, 1.165) is 33.2 Å². The predicted octanol–water partition coefficient (Wildman–Crippen LogP) is 6.34. The van der Waals surface area contributed by atoms with Crippen LogP contribution in [0, 0.1) is 0 Å². The van der Waals surface area contributed by atoms with E-state index in [1.807, 2.05) is 62.4 Å². The molecule has 9 nitrogen and oxygen atoms in total. The zero-order valence-electron chi connectivity index (χ0n) is 25.3. The highest BCUT2D eigenvalue weighted by atomic mass is 79.9. The van der Waals surface area contributed by atoms with Crippen molar-refractivity contribution in [2.75, 3.05) is 23.7 Å². The Kier molecular flexibility index (Phi) is 9.77. The van der Waals surface area contributed by atoms with Crippen LogP contribution in [0.3, 0.4) is 0 Å². The van der Waals surface area contributed by atoms with Crippen LogP contribution in [0.15, 0.2) is 111 Å². The lowest BCUT2D eigenvalue weighted by Gasteiger charge is -2.37. The molecule has 3 heterocycles. The van der Waals surface area contributed by atoms with Crippen LogP contribution in [0.5, 0.6) is 0 Å². The molecule has 13 heteroatoms. The zero-order chi connectivity index (χ0) is 33.9. The van der Waals surface area contributed by atoms with E-state index in [1.165, 1.54) is 10.6 Å². The number of nitrogens with zero attached hydrogens (tertiary/aromatic N) is 5. The van der Waals surface area contributed by atoms with Crippen LogP contribution in [0.2, 0.25) is 0 Å². The molecule has 0 radical (unpaired) electrons. The van der Waals surface area contributed by atoms with Crippen LogP contribution < -0.4 is 22.0 Å². The number of hydrogen-bond donors (Lipinski definition) is 2. The molecule has 4 aromatic carbocycles. The second-order valence-corrected chi connectivity index (χ2v) is 11.2. The Morgan fingerprint density at radius 1 is 0.766 bits per heavy atom. The van der Waals surface area contributed by atoms with Gasteiger partial charge in [0.1, 0.15) is 11.6 Å². The Hall–Kier alpha value is -5.01. The summed E-state index contributed by atoms with van der Waals surface area (Å²) in [5.74, 6) is 0.538. The number of fused-ring (bicyclic) bond motifs is 2. The number of hydrogen-bond acceptors (Lipinski definition) is 7. The zero-order valence-corrected chi connectivity index (χ0v) is 26.9. The van der Waals surface area contributed by atoms with E-state index < -0.39 is 23.5 Å². The summed E-state index contributed by atoms with van der Waals surface area (Å²) in [5.41, 5.74) is 5.99. The summed E-state index contributed by atoms with van der Waals surface area (Å²) in [6, 6.07) is 26.6. The van der Waals surface area contributed by atoms with Crippen molar-refractivity contribution < 1.29 is 18.3 Å². The molecule has 6 aromatic rings. The van der Waals surface area contributed by atoms with Gasteiger partial charge in [-0.2, -0.15) is 23.1 Å². The number of para-hydroxylation sites is 2. The maximum absolute atomic E-state index is 13.2. The van der Waals surface area contributed by atoms with Gasteiger partial charge in [0.05, 0.1) is 34.1 Å². The van der Waals surface area contributed by atoms with Gasteiger partial charge in [-0.05, 0) is 60.7 Å². The Labute approximate surface area is 275 Å². The van der Waals surface area contributed by atoms with E-state index in [9.17, 15) is 27.9 Å². The fraction of sp³-hybridized carbons (Fsp3) is 0.176. The lowest BCUT2D eigenvalue weighted by Crippen LogP contribution is -2.51. The highest BCUT2D eigenvalue weighted by Crippen LogP contribution is 2.34. The molecule has 0 spiro atoms. The van der Waals surface area contributed by atoms with Crippen LogP contribution in [0.1, 0.15) is 19.4 Å². The maximum Gasteiger partial charge on any atom is 0.416 e. The van der Waals surface area contributed by atoms with Crippen LogP contribution in [-0.2, 0) is 6.18 Å². The number of aliphatic hydroxyl groups is 1. The highest BCUT2D eigenvalue weighted by Gasteiger charge is 2.33. The van der Waals surface area contributed by atoms with Gasteiger partial charge in [-0.25, -0.2) is 9.59 Å². The first-order valence-corrected chi connectivity index (χ1v) is 15.5. The van der Waals surface area contributed by atoms with Crippen LogP contribution in [0.25, 0.3) is 33.2 Å². The van der Waals surface area contributed by atoms with Crippen molar-refractivity contribution >= 4 is 49.4 Å². The van der Waals surface area contributed by atoms with Gasteiger partial charge < -0.3 is 15.7 Å². The molecule has 3 N–H and O–H groups in total. The first kappa shape index (κ1) is 33.4.